The predicted molar refractivity (Wildman–Crippen MR) is 88.4 cm³/mol. The SMILES string of the molecule is C=C(CCC)c1ccc(-n2cc(C#N)c(CCC)c2)cc1. The highest BCUT2D eigenvalue weighted by Gasteiger charge is 2.07. The maximum Gasteiger partial charge on any atom is 0.101 e. The van der Waals surface area contributed by atoms with Gasteiger partial charge in [-0.3, -0.25) is 0 Å². The van der Waals surface area contributed by atoms with Gasteiger partial charge < -0.3 is 4.57 Å². The molecule has 0 radical (unpaired) electrons. The Labute approximate surface area is 127 Å². The summed E-state index contributed by atoms with van der Waals surface area (Å²) in [6, 6.07) is 10.7. The summed E-state index contributed by atoms with van der Waals surface area (Å²) in [5.41, 5.74) is 5.36. The van der Waals surface area contributed by atoms with Crippen LogP contribution in [0.25, 0.3) is 11.3 Å². The molecule has 0 atom stereocenters. The monoisotopic (exact) mass is 278 g/mol. The van der Waals surface area contributed by atoms with Gasteiger partial charge in [-0.2, -0.15) is 5.26 Å². The number of rotatable bonds is 6. The molecule has 2 heteroatoms. The van der Waals surface area contributed by atoms with Gasteiger partial charge in [-0.05, 0) is 41.7 Å². The second-order valence-electron chi connectivity index (χ2n) is 5.37. The number of hydrogen-bond acceptors (Lipinski definition) is 1. The van der Waals surface area contributed by atoms with E-state index in [9.17, 15) is 5.26 Å². The molecular formula is C19H22N2. The van der Waals surface area contributed by atoms with Gasteiger partial charge in [-0.25, -0.2) is 0 Å². The first-order chi connectivity index (χ1) is 10.2. The maximum absolute atomic E-state index is 9.21. The van der Waals surface area contributed by atoms with Crippen LogP contribution in [-0.4, -0.2) is 4.57 Å². The number of nitriles is 1. The zero-order chi connectivity index (χ0) is 15.2. The lowest BCUT2D eigenvalue weighted by Gasteiger charge is -2.07. The molecular weight excluding hydrogens is 256 g/mol. The lowest BCUT2D eigenvalue weighted by atomic mass is 10.0. The van der Waals surface area contributed by atoms with Crippen molar-refractivity contribution in [3.8, 4) is 11.8 Å². The summed E-state index contributed by atoms with van der Waals surface area (Å²) in [6.45, 7) is 8.42. The van der Waals surface area contributed by atoms with Crippen molar-refractivity contribution in [1.29, 1.82) is 5.26 Å². The molecule has 2 rings (SSSR count). The molecule has 0 aliphatic carbocycles. The van der Waals surface area contributed by atoms with Crippen LogP contribution in [0.4, 0.5) is 0 Å². The molecule has 0 bridgehead atoms. The summed E-state index contributed by atoms with van der Waals surface area (Å²) in [6.07, 6.45) is 8.13. The van der Waals surface area contributed by atoms with Crippen LogP contribution >= 0.6 is 0 Å². The van der Waals surface area contributed by atoms with Gasteiger partial charge in [0.25, 0.3) is 0 Å². The van der Waals surface area contributed by atoms with E-state index in [1.165, 1.54) is 11.1 Å². The fourth-order valence-electron chi connectivity index (χ4n) is 2.53. The van der Waals surface area contributed by atoms with Crippen molar-refractivity contribution in [2.75, 3.05) is 0 Å². The third kappa shape index (κ3) is 3.44. The first kappa shape index (κ1) is 15.1. The Morgan fingerprint density at radius 2 is 1.86 bits per heavy atom. The Balaban J connectivity index is 2.27. The minimum atomic E-state index is 0.774. The van der Waals surface area contributed by atoms with Gasteiger partial charge >= 0.3 is 0 Å². The van der Waals surface area contributed by atoms with E-state index in [0.717, 1.165) is 42.5 Å². The summed E-state index contributed by atoms with van der Waals surface area (Å²) >= 11 is 0. The van der Waals surface area contributed by atoms with Crippen molar-refractivity contribution in [2.45, 2.75) is 39.5 Å². The summed E-state index contributed by atoms with van der Waals surface area (Å²) in [7, 11) is 0. The van der Waals surface area contributed by atoms with E-state index < -0.39 is 0 Å². The minimum Gasteiger partial charge on any atom is -0.322 e. The number of hydrogen-bond donors (Lipinski definition) is 0. The van der Waals surface area contributed by atoms with Gasteiger partial charge in [-0.1, -0.05) is 45.4 Å². The highest BCUT2D eigenvalue weighted by molar-refractivity contribution is 5.64. The van der Waals surface area contributed by atoms with Crippen molar-refractivity contribution >= 4 is 5.57 Å². The first-order valence-corrected chi connectivity index (χ1v) is 7.59. The Morgan fingerprint density at radius 1 is 1.14 bits per heavy atom. The summed E-state index contributed by atoms with van der Waals surface area (Å²) in [4.78, 5) is 0. The lowest BCUT2D eigenvalue weighted by Crippen LogP contribution is -1.91. The van der Waals surface area contributed by atoms with Crippen molar-refractivity contribution in [2.24, 2.45) is 0 Å². The maximum atomic E-state index is 9.21. The smallest absolute Gasteiger partial charge is 0.101 e. The van der Waals surface area contributed by atoms with E-state index in [1.807, 2.05) is 10.8 Å². The van der Waals surface area contributed by atoms with E-state index >= 15 is 0 Å². The van der Waals surface area contributed by atoms with Crippen LogP contribution in [0.2, 0.25) is 0 Å². The number of benzene rings is 1. The summed E-state index contributed by atoms with van der Waals surface area (Å²) in [5.74, 6) is 0. The fourth-order valence-corrected chi connectivity index (χ4v) is 2.53. The van der Waals surface area contributed by atoms with Crippen molar-refractivity contribution in [3.63, 3.8) is 0 Å². The van der Waals surface area contributed by atoms with E-state index in [2.05, 4.69) is 57.0 Å². The van der Waals surface area contributed by atoms with Gasteiger partial charge in [0.1, 0.15) is 6.07 Å². The molecule has 2 nitrogen and oxygen atoms in total. The van der Waals surface area contributed by atoms with Crippen molar-refractivity contribution in [3.05, 3.63) is 59.9 Å². The van der Waals surface area contributed by atoms with Crippen molar-refractivity contribution in [1.82, 2.24) is 4.57 Å². The predicted octanol–water partition coefficient (Wildman–Crippen LogP) is 5.11. The van der Waals surface area contributed by atoms with Gasteiger partial charge in [0, 0.05) is 18.1 Å². The second-order valence-corrected chi connectivity index (χ2v) is 5.37. The Morgan fingerprint density at radius 3 is 2.43 bits per heavy atom. The van der Waals surface area contributed by atoms with Crippen LogP contribution in [-0.2, 0) is 6.42 Å². The second kappa shape index (κ2) is 6.95. The van der Waals surface area contributed by atoms with E-state index in [-0.39, 0.29) is 0 Å². The molecule has 0 aliphatic heterocycles. The molecule has 0 spiro atoms. The third-order valence-electron chi connectivity index (χ3n) is 3.67. The van der Waals surface area contributed by atoms with Crippen LogP contribution in [0, 0.1) is 11.3 Å². The number of aryl methyl sites for hydroxylation is 1. The third-order valence-corrected chi connectivity index (χ3v) is 3.67. The number of allylic oxidation sites excluding steroid dienone is 1. The highest BCUT2D eigenvalue weighted by atomic mass is 14.9. The largest absolute Gasteiger partial charge is 0.322 e. The molecule has 0 fully saturated rings. The molecule has 21 heavy (non-hydrogen) atoms. The Bertz CT molecular complexity index is 654. The molecule has 0 aliphatic rings. The molecule has 108 valence electrons. The first-order valence-electron chi connectivity index (χ1n) is 7.59. The molecule has 1 heterocycles. The van der Waals surface area contributed by atoms with Crippen LogP contribution in [0.3, 0.4) is 0 Å². The average Bonchev–Trinajstić information content (AvgIpc) is 2.91. The van der Waals surface area contributed by atoms with Gasteiger partial charge in [0.05, 0.1) is 5.56 Å². The molecule has 0 unspecified atom stereocenters. The van der Waals surface area contributed by atoms with Crippen molar-refractivity contribution < 1.29 is 0 Å². The zero-order valence-electron chi connectivity index (χ0n) is 12.9. The zero-order valence-corrected chi connectivity index (χ0v) is 12.9. The fraction of sp³-hybridized carbons (Fsp3) is 0.316. The molecule has 1 aromatic heterocycles. The number of nitrogens with zero attached hydrogens (tertiary/aromatic N) is 2. The molecule has 0 amide bonds. The summed E-state index contributed by atoms with van der Waals surface area (Å²) in [5, 5.41) is 9.21. The quantitative estimate of drug-likeness (QED) is 0.721. The van der Waals surface area contributed by atoms with Gasteiger partial charge in [-0.15, -0.1) is 0 Å². The van der Waals surface area contributed by atoms with E-state index in [0.29, 0.717) is 0 Å². The molecule has 0 N–H and O–H groups in total. The molecule has 0 saturated carbocycles. The van der Waals surface area contributed by atoms with Crippen LogP contribution in [0.15, 0.2) is 43.2 Å². The van der Waals surface area contributed by atoms with Crippen LogP contribution < -0.4 is 0 Å². The normalized spacial score (nSPS) is 10.3. The highest BCUT2D eigenvalue weighted by Crippen LogP contribution is 2.21. The average molecular weight is 278 g/mol. The minimum absolute atomic E-state index is 0.774. The van der Waals surface area contributed by atoms with Crippen LogP contribution in [0.5, 0.6) is 0 Å². The van der Waals surface area contributed by atoms with E-state index in [1.54, 1.807) is 0 Å². The Hall–Kier alpha value is -2.27. The number of aromatic nitrogens is 1. The topological polar surface area (TPSA) is 28.7 Å². The molecule has 1 aromatic carbocycles. The standard InChI is InChI=1S/C19H22N2/c1-4-6-15(3)16-8-10-19(11-9-16)21-13-17(7-5-2)18(12-20)14-21/h8-11,13-14H,3-7H2,1-2H3. The van der Waals surface area contributed by atoms with Gasteiger partial charge in [0.2, 0.25) is 0 Å². The van der Waals surface area contributed by atoms with Gasteiger partial charge in [0.15, 0.2) is 0 Å². The van der Waals surface area contributed by atoms with Crippen LogP contribution in [0.1, 0.15) is 49.8 Å². The summed E-state index contributed by atoms with van der Waals surface area (Å²) < 4.78 is 2.04. The molecule has 2 aromatic rings. The van der Waals surface area contributed by atoms with E-state index in [4.69, 9.17) is 0 Å². The lowest BCUT2D eigenvalue weighted by molar-refractivity contribution is 0.915. The molecule has 0 saturated heterocycles. The Kier molecular flexibility index (Phi) is 5.00.